The van der Waals surface area contributed by atoms with E-state index in [0.717, 1.165) is 5.69 Å². The minimum absolute atomic E-state index is 0.0101. The van der Waals surface area contributed by atoms with Crippen molar-refractivity contribution in [2.45, 2.75) is 13.3 Å². The molecule has 0 aliphatic rings. The van der Waals surface area contributed by atoms with Gasteiger partial charge in [0.2, 0.25) is 5.91 Å². The van der Waals surface area contributed by atoms with Crippen molar-refractivity contribution >= 4 is 23.2 Å². The van der Waals surface area contributed by atoms with E-state index < -0.39 is 0 Å². The standard InChI is InChI=1S/C11H13ClNO/c1-3-7-13(9(2)14)11-6-4-5-10(12)8-11/h4-6,8H,1,3,7H2,2H3. The van der Waals surface area contributed by atoms with E-state index >= 15 is 0 Å². The van der Waals surface area contributed by atoms with Gasteiger partial charge >= 0.3 is 0 Å². The average Bonchev–Trinajstić information content (AvgIpc) is 2.13. The van der Waals surface area contributed by atoms with Crippen LogP contribution in [0.5, 0.6) is 0 Å². The zero-order chi connectivity index (χ0) is 10.6. The Kier molecular flexibility index (Phi) is 3.96. The summed E-state index contributed by atoms with van der Waals surface area (Å²) in [5.74, 6) is 0.0101. The van der Waals surface area contributed by atoms with Gasteiger partial charge in [-0.3, -0.25) is 4.79 Å². The fourth-order valence-electron chi connectivity index (χ4n) is 1.27. The number of carbonyl (C=O) groups excluding carboxylic acids is 1. The number of nitrogens with zero attached hydrogens (tertiary/aromatic N) is 1. The van der Waals surface area contributed by atoms with E-state index in [1.165, 1.54) is 6.92 Å². The molecule has 0 atom stereocenters. The maximum absolute atomic E-state index is 11.3. The van der Waals surface area contributed by atoms with Gasteiger partial charge < -0.3 is 4.90 Å². The van der Waals surface area contributed by atoms with Crippen molar-refractivity contribution < 1.29 is 4.79 Å². The first-order valence-electron chi connectivity index (χ1n) is 4.48. The fourth-order valence-corrected chi connectivity index (χ4v) is 1.46. The highest BCUT2D eigenvalue weighted by atomic mass is 35.5. The highest BCUT2D eigenvalue weighted by Gasteiger charge is 2.09. The highest BCUT2D eigenvalue weighted by molar-refractivity contribution is 6.30. The Morgan fingerprint density at radius 2 is 2.29 bits per heavy atom. The van der Waals surface area contributed by atoms with Crippen molar-refractivity contribution in [3.05, 3.63) is 36.2 Å². The molecule has 0 saturated heterocycles. The molecule has 3 heteroatoms. The third-order valence-corrected chi connectivity index (χ3v) is 2.12. The molecular weight excluding hydrogens is 198 g/mol. The predicted molar refractivity (Wildman–Crippen MR) is 59.5 cm³/mol. The number of rotatable bonds is 3. The lowest BCUT2D eigenvalue weighted by molar-refractivity contribution is -0.116. The minimum atomic E-state index is 0.0101. The van der Waals surface area contributed by atoms with Crippen LogP contribution in [0.25, 0.3) is 0 Å². The molecule has 0 saturated carbocycles. The SMILES string of the molecule is [CH2]CCN(C(C)=O)c1cccc(Cl)c1. The molecule has 1 amide bonds. The molecule has 14 heavy (non-hydrogen) atoms. The molecule has 0 aliphatic heterocycles. The molecule has 0 spiro atoms. The second-order valence-corrected chi connectivity index (χ2v) is 3.44. The van der Waals surface area contributed by atoms with Crippen molar-refractivity contribution in [1.82, 2.24) is 0 Å². The van der Waals surface area contributed by atoms with Crippen molar-refractivity contribution in [2.75, 3.05) is 11.4 Å². The Morgan fingerprint density at radius 3 is 2.79 bits per heavy atom. The van der Waals surface area contributed by atoms with E-state index in [4.69, 9.17) is 11.6 Å². The number of hydrogen-bond donors (Lipinski definition) is 0. The molecule has 2 nitrogen and oxygen atoms in total. The van der Waals surface area contributed by atoms with Gasteiger partial charge in [0.25, 0.3) is 0 Å². The molecule has 0 aromatic heterocycles. The van der Waals surface area contributed by atoms with Crippen LogP contribution in [0.15, 0.2) is 24.3 Å². The van der Waals surface area contributed by atoms with E-state index in [-0.39, 0.29) is 5.91 Å². The first-order valence-corrected chi connectivity index (χ1v) is 4.86. The molecule has 0 N–H and O–H groups in total. The lowest BCUT2D eigenvalue weighted by atomic mass is 10.2. The van der Waals surface area contributed by atoms with Crippen molar-refractivity contribution in [3.8, 4) is 0 Å². The van der Waals surface area contributed by atoms with Gasteiger partial charge in [-0.05, 0) is 24.6 Å². The van der Waals surface area contributed by atoms with Crippen LogP contribution in [0.3, 0.4) is 0 Å². The first kappa shape index (κ1) is 11.1. The van der Waals surface area contributed by atoms with Gasteiger partial charge in [-0.25, -0.2) is 0 Å². The zero-order valence-electron chi connectivity index (χ0n) is 8.16. The normalized spacial score (nSPS) is 9.93. The second kappa shape index (κ2) is 5.01. The quantitative estimate of drug-likeness (QED) is 0.751. The summed E-state index contributed by atoms with van der Waals surface area (Å²) in [6.45, 7) is 5.89. The summed E-state index contributed by atoms with van der Waals surface area (Å²) in [4.78, 5) is 13.0. The summed E-state index contributed by atoms with van der Waals surface area (Å²) < 4.78 is 0. The van der Waals surface area contributed by atoms with E-state index in [0.29, 0.717) is 18.0 Å². The highest BCUT2D eigenvalue weighted by Crippen LogP contribution is 2.19. The van der Waals surface area contributed by atoms with Gasteiger partial charge in [0.1, 0.15) is 0 Å². The molecule has 0 heterocycles. The molecular formula is C11H13ClNO. The number of amides is 1. The minimum Gasteiger partial charge on any atom is -0.313 e. The molecule has 1 radical (unpaired) electrons. The maximum atomic E-state index is 11.3. The van der Waals surface area contributed by atoms with E-state index in [1.54, 1.807) is 17.0 Å². The van der Waals surface area contributed by atoms with Crippen molar-refractivity contribution in [1.29, 1.82) is 0 Å². The number of carbonyl (C=O) groups is 1. The van der Waals surface area contributed by atoms with Gasteiger partial charge in [-0.1, -0.05) is 24.6 Å². The van der Waals surface area contributed by atoms with Crippen LogP contribution >= 0.6 is 11.6 Å². The van der Waals surface area contributed by atoms with Gasteiger partial charge in [0.15, 0.2) is 0 Å². The smallest absolute Gasteiger partial charge is 0.223 e. The lowest BCUT2D eigenvalue weighted by Gasteiger charge is -2.20. The summed E-state index contributed by atoms with van der Waals surface area (Å²) >= 11 is 5.84. The topological polar surface area (TPSA) is 20.3 Å². The predicted octanol–water partition coefficient (Wildman–Crippen LogP) is 2.92. The summed E-state index contributed by atoms with van der Waals surface area (Å²) in [6.07, 6.45) is 0.687. The molecule has 1 aromatic rings. The van der Waals surface area contributed by atoms with Crippen LogP contribution in [0.2, 0.25) is 5.02 Å². The molecule has 0 fully saturated rings. The fraction of sp³-hybridized carbons (Fsp3) is 0.273. The summed E-state index contributed by atoms with van der Waals surface area (Å²) in [6, 6.07) is 7.26. The van der Waals surface area contributed by atoms with Gasteiger partial charge in [0, 0.05) is 24.2 Å². The van der Waals surface area contributed by atoms with Gasteiger partial charge in [-0.15, -0.1) is 0 Å². The van der Waals surface area contributed by atoms with Crippen LogP contribution in [-0.4, -0.2) is 12.5 Å². The summed E-state index contributed by atoms with van der Waals surface area (Å²) in [7, 11) is 0. The molecule has 75 valence electrons. The Labute approximate surface area is 89.5 Å². The van der Waals surface area contributed by atoms with Crippen LogP contribution in [0.4, 0.5) is 5.69 Å². The maximum Gasteiger partial charge on any atom is 0.223 e. The van der Waals surface area contributed by atoms with Crippen LogP contribution < -0.4 is 4.90 Å². The Balaban J connectivity index is 2.93. The monoisotopic (exact) mass is 210 g/mol. The number of hydrogen-bond acceptors (Lipinski definition) is 1. The van der Waals surface area contributed by atoms with E-state index in [9.17, 15) is 4.79 Å². The van der Waals surface area contributed by atoms with Crippen LogP contribution in [0.1, 0.15) is 13.3 Å². The van der Waals surface area contributed by atoms with Crippen molar-refractivity contribution in [2.24, 2.45) is 0 Å². The molecule has 0 unspecified atom stereocenters. The van der Waals surface area contributed by atoms with Crippen molar-refractivity contribution in [3.63, 3.8) is 0 Å². The lowest BCUT2D eigenvalue weighted by Crippen LogP contribution is -2.29. The number of halogens is 1. The first-order chi connectivity index (χ1) is 6.65. The Morgan fingerprint density at radius 1 is 1.57 bits per heavy atom. The largest absolute Gasteiger partial charge is 0.313 e. The van der Waals surface area contributed by atoms with Crippen LogP contribution in [0, 0.1) is 6.92 Å². The van der Waals surface area contributed by atoms with Gasteiger partial charge in [0.05, 0.1) is 0 Å². The molecule has 0 bridgehead atoms. The molecule has 0 aliphatic carbocycles. The Bertz CT molecular complexity index is 325. The molecule has 1 aromatic carbocycles. The van der Waals surface area contributed by atoms with E-state index in [2.05, 4.69) is 6.92 Å². The third kappa shape index (κ3) is 2.74. The summed E-state index contributed by atoms with van der Waals surface area (Å²) in [5.41, 5.74) is 0.827. The number of anilines is 1. The van der Waals surface area contributed by atoms with E-state index in [1.807, 2.05) is 12.1 Å². The third-order valence-electron chi connectivity index (χ3n) is 1.88. The average molecular weight is 211 g/mol. The van der Waals surface area contributed by atoms with Crippen LogP contribution in [-0.2, 0) is 4.79 Å². The second-order valence-electron chi connectivity index (χ2n) is 3.00. The molecule has 1 rings (SSSR count). The summed E-state index contributed by atoms with van der Waals surface area (Å²) in [5, 5.41) is 0.637. The number of benzene rings is 1. The zero-order valence-corrected chi connectivity index (χ0v) is 8.92. The Hall–Kier alpha value is -1.02. The van der Waals surface area contributed by atoms with Gasteiger partial charge in [-0.2, -0.15) is 0 Å².